The number of ether oxygens (including phenoxy) is 1. The molecule has 0 spiro atoms. The van der Waals surface area contributed by atoms with E-state index in [2.05, 4.69) is 5.32 Å². The van der Waals surface area contributed by atoms with Gasteiger partial charge in [-0.05, 0) is 36.1 Å². The van der Waals surface area contributed by atoms with E-state index in [1.54, 1.807) is 18.0 Å². The number of halogens is 1. The van der Waals surface area contributed by atoms with Gasteiger partial charge in [-0.2, -0.15) is 0 Å². The monoisotopic (exact) mass is 370 g/mol. The van der Waals surface area contributed by atoms with Crippen LogP contribution in [0.1, 0.15) is 23.6 Å². The zero-order valence-corrected chi connectivity index (χ0v) is 15.2. The first-order valence-corrected chi connectivity index (χ1v) is 9.00. The van der Waals surface area contributed by atoms with Crippen molar-refractivity contribution >= 4 is 11.8 Å². The molecule has 0 aliphatic carbocycles. The van der Waals surface area contributed by atoms with E-state index in [1.165, 1.54) is 12.1 Å². The average molecular weight is 370 g/mol. The molecule has 1 heterocycles. The molecule has 27 heavy (non-hydrogen) atoms. The van der Waals surface area contributed by atoms with Crippen molar-refractivity contribution < 1.29 is 18.7 Å². The van der Waals surface area contributed by atoms with Gasteiger partial charge < -0.3 is 15.0 Å². The molecule has 0 saturated carbocycles. The van der Waals surface area contributed by atoms with Crippen molar-refractivity contribution in [3.63, 3.8) is 0 Å². The second kappa shape index (κ2) is 8.77. The molecule has 5 nitrogen and oxygen atoms in total. The maximum Gasteiger partial charge on any atom is 0.251 e. The van der Waals surface area contributed by atoms with Crippen LogP contribution in [0.5, 0.6) is 0 Å². The molecule has 1 aliphatic rings. The Hall–Kier alpha value is -2.73. The topological polar surface area (TPSA) is 58.6 Å². The number of carbonyl (C=O) groups is 2. The molecular weight excluding hydrogens is 347 g/mol. The van der Waals surface area contributed by atoms with E-state index in [-0.39, 0.29) is 24.2 Å². The van der Waals surface area contributed by atoms with Crippen LogP contribution in [0.15, 0.2) is 54.6 Å². The van der Waals surface area contributed by atoms with E-state index >= 15 is 0 Å². The summed E-state index contributed by atoms with van der Waals surface area (Å²) in [5.74, 6) is -0.660. The van der Waals surface area contributed by atoms with Crippen LogP contribution in [0.25, 0.3) is 0 Å². The molecule has 3 rings (SSSR count). The summed E-state index contributed by atoms with van der Waals surface area (Å²) >= 11 is 0. The van der Waals surface area contributed by atoms with E-state index < -0.39 is 12.1 Å². The van der Waals surface area contributed by atoms with Crippen LogP contribution in [0.3, 0.4) is 0 Å². The van der Waals surface area contributed by atoms with Crippen molar-refractivity contribution in [2.24, 2.45) is 0 Å². The van der Waals surface area contributed by atoms with E-state index in [1.807, 2.05) is 36.4 Å². The van der Waals surface area contributed by atoms with Crippen LogP contribution in [0.2, 0.25) is 0 Å². The molecule has 2 aromatic rings. The van der Waals surface area contributed by atoms with Crippen molar-refractivity contribution in [1.82, 2.24) is 10.2 Å². The van der Waals surface area contributed by atoms with Crippen LogP contribution in [-0.4, -0.2) is 43.0 Å². The van der Waals surface area contributed by atoms with E-state index in [9.17, 15) is 14.0 Å². The summed E-state index contributed by atoms with van der Waals surface area (Å²) in [4.78, 5) is 26.3. The van der Waals surface area contributed by atoms with Crippen LogP contribution < -0.4 is 5.32 Å². The molecule has 1 fully saturated rings. The molecule has 2 amide bonds. The lowest BCUT2D eigenvalue weighted by Gasteiger charge is -2.38. The Morgan fingerprint density at radius 2 is 2.00 bits per heavy atom. The third kappa shape index (κ3) is 4.71. The summed E-state index contributed by atoms with van der Waals surface area (Å²) < 4.78 is 18.8. The van der Waals surface area contributed by atoms with Gasteiger partial charge in [0.15, 0.2) is 6.10 Å². The van der Waals surface area contributed by atoms with Crippen molar-refractivity contribution in [1.29, 1.82) is 0 Å². The first kappa shape index (κ1) is 19.0. The number of likely N-dealkylation sites (N-methyl/N-ethyl adjacent to an activating group) is 1. The Balaban J connectivity index is 1.59. The Labute approximate surface area is 158 Å². The molecule has 0 aromatic heterocycles. The lowest BCUT2D eigenvalue weighted by atomic mass is 9.97. The predicted octanol–water partition coefficient (Wildman–Crippen LogP) is 2.47. The summed E-state index contributed by atoms with van der Waals surface area (Å²) in [7, 11) is 1.69. The molecule has 142 valence electrons. The fraction of sp³-hybridized carbons (Fsp3) is 0.333. The predicted molar refractivity (Wildman–Crippen MR) is 99.4 cm³/mol. The smallest absolute Gasteiger partial charge is 0.251 e. The number of nitrogens with zero attached hydrogens (tertiary/aromatic N) is 1. The zero-order chi connectivity index (χ0) is 19.2. The van der Waals surface area contributed by atoms with Gasteiger partial charge in [-0.15, -0.1) is 0 Å². The number of morpholine rings is 1. The zero-order valence-electron chi connectivity index (χ0n) is 15.2. The Kier molecular flexibility index (Phi) is 6.19. The third-order valence-corrected chi connectivity index (χ3v) is 4.71. The van der Waals surface area contributed by atoms with Crippen molar-refractivity contribution in [2.75, 3.05) is 20.2 Å². The highest BCUT2D eigenvalue weighted by Gasteiger charge is 2.39. The maximum atomic E-state index is 13.2. The number of carbonyl (C=O) groups excluding carboxylic acids is 2. The minimum Gasteiger partial charge on any atom is -0.356 e. The van der Waals surface area contributed by atoms with Gasteiger partial charge in [-0.3, -0.25) is 9.59 Å². The Morgan fingerprint density at radius 3 is 2.74 bits per heavy atom. The number of aryl methyl sites for hydroxylation is 1. The number of rotatable bonds is 6. The highest BCUT2D eigenvalue weighted by Crippen LogP contribution is 2.29. The van der Waals surface area contributed by atoms with Crippen molar-refractivity contribution in [2.45, 2.75) is 25.0 Å². The molecule has 0 radical (unpaired) electrons. The molecule has 1 aliphatic heterocycles. The minimum absolute atomic E-state index is 0.110. The van der Waals surface area contributed by atoms with E-state index in [0.717, 1.165) is 11.1 Å². The van der Waals surface area contributed by atoms with Crippen LogP contribution >= 0.6 is 0 Å². The second-order valence-corrected chi connectivity index (χ2v) is 6.62. The van der Waals surface area contributed by atoms with Gasteiger partial charge in [0.2, 0.25) is 5.91 Å². The van der Waals surface area contributed by atoms with Gasteiger partial charge in [0.05, 0.1) is 6.04 Å². The van der Waals surface area contributed by atoms with Gasteiger partial charge in [0, 0.05) is 13.6 Å². The Bertz CT molecular complexity index is 797. The summed E-state index contributed by atoms with van der Waals surface area (Å²) in [6, 6.07) is 15.4. The van der Waals surface area contributed by atoms with Crippen molar-refractivity contribution in [3.8, 4) is 0 Å². The third-order valence-electron chi connectivity index (χ3n) is 4.71. The standard InChI is InChI=1S/C21H23FN2O3/c1-24-18(25)14-27-20(19(24)16-9-3-2-4-10-16)21(26)23-12-6-8-15-7-5-11-17(22)13-15/h2-5,7,9-11,13,19-20H,6,8,12,14H2,1H3,(H,23,26). The summed E-state index contributed by atoms with van der Waals surface area (Å²) in [5.41, 5.74) is 1.75. The van der Waals surface area contributed by atoms with E-state index in [4.69, 9.17) is 4.74 Å². The molecular formula is C21H23FN2O3. The molecule has 6 heteroatoms. The first-order chi connectivity index (χ1) is 13.1. The fourth-order valence-electron chi connectivity index (χ4n) is 3.28. The molecule has 2 unspecified atom stereocenters. The molecule has 2 aromatic carbocycles. The quantitative estimate of drug-likeness (QED) is 0.795. The lowest BCUT2D eigenvalue weighted by molar-refractivity contribution is -0.162. The number of hydrogen-bond acceptors (Lipinski definition) is 3. The minimum atomic E-state index is -0.760. The number of amides is 2. The van der Waals surface area contributed by atoms with Crippen molar-refractivity contribution in [3.05, 3.63) is 71.5 Å². The largest absolute Gasteiger partial charge is 0.356 e. The summed E-state index contributed by atoms with van der Waals surface area (Å²) in [5, 5.41) is 2.88. The second-order valence-electron chi connectivity index (χ2n) is 6.62. The SMILES string of the molecule is CN1C(=O)COC(C(=O)NCCCc2cccc(F)c2)C1c1ccccc1. The first-order valence-electron chi connectivity index (χ1n) is 9.00. The van der Waals surface area contributed by atoms with Gasteiger partial charge in [0.1, 0.15) is 12.4 Å². The number of hydrogen-bond donors (Lipinski definition) is 1. The van der Waals surface area contributed by atoms with Crippen LogP contribution in [-0.2, 0) is 20.7 Å². The number of nitrogens with one attached hydrogen (secondary N) is 1. The van der Waals surface area contributed by atoms with Gasteiger partial charge in [-0.1, -0.05) is 42.5 Å². The van der Waals surface area contributed by atoms with E-state index in [0.29, 0.717) is 19.4 Å². The normalized spacial score (nSPS) is 19.8. The molecule has 1 saturated heterocycles. The fourth-order valence-corrected chi connectivity index (χ4v) is 3.28. The molecule has 1 N–H and O–H groups in total. The Morgan fingerprint density at radius 1 is 1.22 bits per heavy atom. The highest BCUT2D eigenvalue weighted by molar-refractivity contribution is 5.86. The lowest BCUT2D eigenvalue weighted by Crippen LogP contribution is -2.53. The maximum absolute atomic E-state index is 13.2. The van der Waals surface area contributed by atoms with Gasteiger partial charge in [-0.25, -0.2) is 4.39 Å². The summed E-state index contributed by atoms with van der Waals surface area (Å²) in [6.45, 7) is 0.343. The number of benzene rings is 2. The molecule has 0 bridgehead atoms. The van der Waals surface area contributed by atoms with Crippen LogP contribution in [0, 0.1) is 5.82 Å². The summed E-state index contributed by atoms with van der Waals surface area (Å²) in [6.07, 6.45) is 0.598. The van der Waals surface area contributed by atoms with Gasteiger partial charge >= 0.3 is 0 Å². The highest BCUT2D eigenvalue weighted by atomic mass is 19.1. The van der Waals surface area contributed by atoms with Crippen LogP contribution in [0.4, 0.5) is 4.39 Å². The average Bonchev–Trinajstić information content (AvgIpc) is 2.68. The molecule has 2 atom stereocenters. The van der Waals surface area contributed by atoms with Gasteiger partial charge in [0.25, 0.3) is 5.91 Å².